The van der Waals surface area contributed by atoms with Crippen LogP contribution in [0.5, 0.6) is 11.6 Å². The molecule has 1 saturated heterocycles. The van der Waals surface area contributed by atoms with E-state index in [1.807, 2.05) is 6.20 Å². The van der Waals surface area contributed by atoms with Crippen molar-refractivity contribution < 1.29 is 9.47 Å². The molecule has 1 aromatic carbocycles. The van der Waals surface area contributed by atoms with Crippen molar-refractivity contribution in [1.29, 1.82) is 0 Å². The Bertz CT molecular complexity index is 1530. The molecule has 10 heteroatoms. The SMILES string of the molecule is CCNc1cc2c(cn1)c(-c1ccc(OC3CCN(C)CC3)cc1)nn2[C@H]1CC[C@@H](Oc2ccc(=O)n(C)n2)CC1. The minimum atomic E-state index is -0.145. The van der Waals surface area contributed by atoms with Gasteiger partial charge in [-0.2, -0.15) is 5.10 Å². The van der Waals surface area contributed by atoms with Crippen LogP contribution in [0.25, 0.3) is 22.2 Å². The Morgan fingerprint density at radius 1 is 0.902 bits per heavy atom. The molecule has 4 heterocycles. The number of hydrogen-bond donors (Lipinski definition) is 1. The number of likely N-dealkylation sites (tertiary alicyclic amines) is 1. The zero-order valence-corrected chi connectivity index (χ0v) is 24.1. The molecule has 0 amide bonds. The fourth-order valence-electron chi connectivity index (χ4n) is 5.91. The number of ether oxygens (including phenoxy) is 2. The maximum atomic E-state index is 11.7. The fraction of sp³-hybridized carbons (Fsp3) is 0.484. The first kappa shape index (κ1) is 27.3. The lowest BCUT2D eigenvalue weighted by Crippen LogP contribution is -2.35. The Hall–Kier alpha value is -3.92. The van der Waals surface area contributed by atoms with Gasteiger partial charge < -0.3 is 19.7 Å². The third-order valence-electron chi connectivity index (χ3n) is 8.26. The van der Waals surface area contributed by atoms with Crippen LogP contribution < -0.4 is 20.3 Å². The van der Waals surface area contributed by atoms with Crippen LogP contribution in [0, 0.1) is 0 Å². The number of aromatic nitrogens is 5. The van der Waals surface area contributed by atoms with E-state index >= 15 is 0 Å². The van der Waals surface area contributed by atoms with E-state index in [-0.39, 0.29) is 23.8 Å². The minimum absolute atomic E-state index is 0.0636. The molecule has 1 aliphatic carbocycles. The van der Waals surface area contributed by atoms with Crippen molar-refractivity contribution in [2.24, 2.45) is 7.05 Å². The summed E-state index contributed by atoms with van der Waals surface area (Å²) in [4.78, 5) is 18.7. The summed E-state index contributed by atoms with van der Waals surface area (Å²) in [6.45, 7) is 5.03. The van der Waals surface area contributed by atoms with Crippen molar-refractivity contribution in [3.8, 4) is 22.9 Å². The summed E-state index contributed by atoms with van der Waals surface area (Å²) < 4.78 is 15.9. The predicted molar refractivity (Wildman–Crippen MR) is 160 cm³/mol. The predicted octanol–water partition coefficient (Wildman–Crippen LogP) is 4.66. The second-order valence-corrected chi connectivity index (χ2v) is 11.2. The molecular formula is C31H39N7O3. The highest BCUT2D eigenvalue weighted by atomic mass is 16.5. The zero-order chi connectivity index (χ0) is 28.3. The molecule has 41 heavy (non-hydrogen) atoms. The molecule has 4 aromatic rings. The smallest absolute Gasteiger partial charge is 0.266 e. The lowest BCUT2D eigenvalue weighted by atomic mass is 9.93. The quantitative estimate of drug-likeness (QED) is 0.334. The Morgan fingerprint density at radius 2 is 1.63 bits per heavy atom. The summed E-state index contributed by atoms with van der Waals surface area (Å²) in [5.74, 6) is 2.25. The molecule has 0 atom stereocenters. The van der Waals surface area contributed by atoms with Gasteiger partial charge >= 0.3 is 0 Å². The number of aryl methyl sites for hydroxylation is 1. The number of fused-ring (bicyclic) bond motifs is 1. The van der Waals surface area contributed by atoms with Crippen molar-refractivity contribution >= 4 is 16.7 Å². The summed E-state index contributed by atoms with van der Waals surface area (Å²) in [6, 6.07) is 13.9. The molecule has 0 bridgehead atoms. The number of benzene rings is 1. The normalized spacial score (nSPS) is 20.3. The molecule has 6 rings (SSSR count). The van der Waals surface area contributed by atoms with Crippen LogP contribution in [-0.4, -0.2) is 68.3 Å². The number of nitrogens with one attached hydrogen (secondary N) is 1. The largest absolute Gasteiger partial charge is 0.490 e. The second-order valence-electron chi connectivity index (χ2n) is 11.2. The van der Waals surface area contributed by atoms with Gasteiger partial charge in [0.1, 0.15) is 29.5 Å². The standard InChI is InChI=1S/C31H39N7O3/c1-4-32-28-19-27-26(20-33-28)31(21-5-9-23(10-6-21)40-25-15-17-36(2)18-16-25)35-38(27)22-7-11-24(12-8-22)41-29-13-14-30(39)37(3)34-29/h5-6,9-10,13-14,19-20,22,24-25H,4,7-8,11-12,15-18H2,1-3H3,(H,32,33)/t22-,24+. The molecule has 216 valence electrons. The third-order valence-corrected chi connectivity index (χ3v) is 8.26. The highest BCUT2D eigenvalue weighted by Crippen LogP contribution is 2.37. The molecular weight excluding hydrogens is 518 g/mol. The number of pyridine rings is 1. The second kappa shape index (κ2) is 11.9. The summed E-state index contributed by atoms with van der Waals surface area (Å²) >= 11 is 0. The monoisotopic (exact) mass is 557 g/mol. The third kappa shape index (κ3) is 6.07. The van der Waals surface area contributed by atoms with Crippen molar-refractivity contribution in [2.45, 2.75) is 63.7 Å². The van der Waals surface area contributed by atoms with E-state index in [0.29, 0.717) is 5.88 Å². The van der Waals surface area contributed by atoms with E-state index in [1.165, 1.54) is 10.7 Å². The Labute approximate surface area is 240 Å². The first-order valence-corrected chi connectivity index (χ1v) is 14.8. The first-order chi connectivity index (χ1) is 20.0. The molecule has 0 spiro atoms. The Kier molecular flexibility index (Phi) is 7.91. The molecule has 1 saturated carbocycles. The molecule has 0 unspecified atom stereocenters. The fourth-order valence-corrected chi connectivity index (χ4v) is 5.91. The van der Waals surface area contributed by atoms with Gasteiger partial charge in [0.05, 0.1) is 11.6 Å². The van der Waals surface area contributed by atoms with Gasteiger partial charge in [0, 0.05) is 62.0 Å². The molecule has 0 radical (unpaired) electrons. The van der Waals surface area contributed by atoms with Crippen LogP contribution in [0.2, 0.25) is 0 Å². The summed E-state index contributed by atoms with van der Waals surface area (Å²) in [5.41, 5.74) is 2.93. The number of piperidine rings is 1. The van der Waals surface area contributed by atoms with E-state index in [9.17, 15) is 4.79 Å². The van der Waals surface area contributed by atoms with Crippen molar-refractivity contribution in [2.75, 3.05) is 32.0 Å². The van der Waals surface area contributed by atoms with Crippen molar-refractivity contribution in [3.05, 3.63) is 59.0 Å². The molecule has 10 nitrogen and oxygen atoms in total. The number of nitrogens with zero attached hydrogens (tertiary/aromatic N) is 6. The topological polar surface area (TPSA) is 99.3 Å². The van der Waals surface area contributed by atoms with Crippen LogP contribution in [0.1, 0.15) is 51.5 Å². The highest BCUT2D eigenvalue weighted by molar-refractivity contribution is 5.94. The highest BCUT2D eigenvalue weighted by Gasteiger charge is 2.27. The van der Waals surface area contributed by atoms with Gasteiger partial charge in [-0.3, -0.25) is 9.48 Å². The Balaban J connectivity index is 1.21. The minimum Gasteiger partial charge on any atom is -0.490 e. The van der Waals surface area contributed by atoms with Crippen LogP contribution in [0.15, 0.2) is 53.5 Å². The van der Waals surface area contributed by atoms with Crippen molar-refractivity contribution in [3.63, 3.8) is 0 Å². The van der Waals surface area contributed by atoms with Crippen LogP contribution in [-0.2, 0) is 7.05 Å². The van der Waals surface area contributed by atoms with E-state index < -0.39 is 0 Å². The summed E-state index contributed by atoms with van der Waals surface area (Å²) in [7, 11) is 3.80. The van der Waals surface area contributed by atoms with Gasteiger partial charge in [0.15, 0.2) is 0 Å². The first-order valence-electron chi connectivity index (χ1n) is 14.8. The number of rotatable bonds is 8. The van der Waals surface area contributed by atoms with Crippen LogP contribution >= 0.6 is 0 Å². The maximum Gasteiger partial charge on any atom is 0.266 e. The molecule has 2 aliphatic rings. The van der Waals surface area contributed by atoms with Gasteiger partial charge in [-0.15, -0.1) is 5.10 Å². The molecule has 1 aliphatic heterocycles. The van der Waals surface area contributed by atoms with Crippen LogP contribution in [0.3, 0.4) is 0 Å². The summed E-state index contributed by atoms with van der Waals surface area (Å²) in [5, 5.41) is 13.8. The average Bonchev–Trinajstić information content (AvgIpc) is 3.36. The van der Waals surface area contributed by atoms with Gasteiger partial charge in [0.25, 0.3) is 5.56 Å². The van der Waals surface area contributed by atoms with E-state index in [4.69, 9.17) is 14.6 Å². The van der Waals surface area contributed by atoms with E-state index in [2.05, 4.69) is 69.3 Å². The van der Waals surface area contributed by atoms with Gasteiger partial charge in [0.2, 0.25) is 5.88 Å². The number of hydrogen-bond acceptors (Lipinski definition) is 8. The lowest BCUT2D eigenvalue weighted by molar-refractivity contribution is 0.114. The average molecular weight is 558 g/mol. The molecule has 2 fully saturated rings. The van der Waals surface area contributed by atoms with Gasteiger partial charge in [-0.1, -0.05) is 0 Å². The van der Waals surface area contributed by atoms with E-state index in [1.54, 1.807) is 13.1 Å². The van der Waals surface area contributed by atoms with Gasteiger partial charge in [-0.25, -0.2) is 9.67 Å². The van der Waals surface area contributed by atoms with E-state index in [0.717, 1.165) is 91.9 Å². The number of anilines is 1. The summed E-state index contributed by atoms with van der Waals surface area (Å²) in [6.07, 6.45) is 8.05. The van der Waals surface area contributed by atoms with Crippen LogP contribution in [0.4, 0.5) is 5.82 Å². The van der Waals surface area contributed by atoms with Gasteiger partial charge in [-0.05, 0) is 76.8 Å². The lowest BCUT2D eigenvalue weighted by Gasteiger charge is -2.29. The molecule has 1 N–H and O–H groups in total. The van der Waals surface area contributed by atoms with Crippen molar-refractivity contribution in [1.82, 2.24) is 29.4 Å². The Morgan fingerprint density at radius 3 is 2.34 bits per heavy atom. The molecule has 3 aromatic heterocycles. The maximum absolute atomic E-state index is 11.7. The zero-order valence-electron chi connectivity index (χ0n) is 24.1.